The van der Waals surface area contributed by atoms with Gasteiger partial charge in [0.15, 0.2) is 0 Å². The fourth-order valence-corrected chi connectivity index (χ4v) is 1.53. The number of esters is 2. The molecule has 1 aliphatic rings. The Morgan fingerprint density at radius 2 is 2.00 bits per heavy atom. The molecule has 1 aliphatic heterocycles. The molecule has 0 saturated carbocycles. The molecule has 24 heavy (non-hydrogen) atoms. The first-order valence-corrected chi connectivity index (χ1v) is 7.45. The van der Waals surface area contributed by atoms with E-state index >= 15 is 0 Å². The monoisotopic (exact) mass is 330 g/mol. The molecule has 2 rings (SSSR count). The molecule has 0 aromatic heterocycles. The third kappa shape index (κ3) is 8.70. The molecule has 1 fully saturated rings. The maximum atomic E-state index is 11.0. The van der Waals surface area contributed by atoms with Crippen molar-refractivity contribution in [2.24, 2.45) is 0 Å². The number of carbonyl (C=O) groups excluding carboxylic acids is 2. The normalized spacial score (nSPS) is 15.0. The van der Waals surface area contributed by atoms with Gasteiger partial charge in [-0.05, 0) is 12.0 Å². The van der Waals surface area contributed by atoms with Crippen LogP contribution in [0.5, 0.6) is 0 Å². The molecule has 1 saturated heterocycles. The number of hydrogen-bond donors (Lipinski definition) is 0. The van der Waals surface area contributed by atoms with Crippen LogP contribution in [0, 0.1) is 0 Å². The lowest BCUT2D eigenvalue weighted by Gasteiger charge is -1.98. The van der Waals surface area contributed by atoms with E-state index < -0.39 is 0 Å². The first kappa shape index (κ1) is 19.4. The Bertz CT molecular complexity index is 585. The number of carbonyl (C=O) groups is 2. The van der Waals surface area contributed by atoms with Crippen LogP contribution in [-0.4, -0.2) is 38.4 Å². The molecule has 0 N–H and O–H groups in total. The van der Waals surface area contributed by atoms with E-state index in [1.165, 1.54) is 7.11 Å². The van der Waals surface area contributed by atoms with E-state index in [1.807, 2.05) is 42.5 Å². The molecule has 1 unspecified atom stereocenters. The Morgan fingerprint density at radius 1 is 1.33 bits per heavy atom. The van der Waals surface area contributed by atoms with Crippen LogP contribution in [0.15, 0.2) is 61.2 Å². The number of ether oxygens (including phenoxy) is 3. The summed E-state index contributed by atoms with van der Waals surface area (Å²) in [7, 11) is 1.36. The summed E-state index contributed by atoms with van der Waals surface area (Å²) in [5.74, 6) is -0.738. The SMILES string of the molecule is C=C(CC=Cc1ccccc1)C(=O)OC.C=CC(=O)OCC1CO1. The lowest BCUT2D eigenvalue weighted by molar-refractivity contribution is -0.138. The second-order valence-corrected chi connectivity index (χ2v) is 4.90. The molecule has 0 aliphatic carbocycles. The van der Waals surface area contributed by atoms with Gasteiger partial charge in [-0.2, -0.15) is 0 Å². The number of epoxide rings is 1. The molecule has 5 heteroatoms. The topological polar surface area (TPSA) is 65.1 Å². The first-order chi connectivity index (χ1) is 11.6. The Hall–Kier alpha value is -2.66. The molecule has 1 heterocycles. The van der Waals surface area contributed by atoms with Gasteiger partial charge in [0, 0.05) is 11.6 Å². The molecule has 128 valence electrons. The first-order valence-electron chi connectivity index (χ1n) is 7.45. The summed E-state index contributed by atoms with van der Waals surface area (Å²) in [6.07, 6.45) is 5.65. The highest BCUT2D eigenvalue weighted by Crippen LogP contribution is 2.08. The van der Waals surface area contributed by atoms with Gasteiger partial charge in [0.05, 0.1) is 13.7 Å². The minimum Gasteiger partial charge on any atom is -0.466 e. The van der Waals surface area contributed by atoms with Gasteiger partial charge in [-0.3, -0.25) is 0 Å². The van der Waals surface area contributed by atoms with E-state index in [2.05, 4.69) is 22.6 Å². The Balaban J connectivity index is 0.000000272. The van der Waals surface area contributed by atoms with Gasteiger partial charge in [0.1, 0.15) is 12.7 Å². The van der Waals surface area contributed by atoms with Crippen LogP contribution in [0.3, 0.4) is 0 Å². The van der Waals surface area contributed by atoms with Crippen LogP contribution in [0.4, 0.5) is 0 Å². The molecular weight excluding hydrogens is 308 g/mol. The van der Waals surface area contributed by atoms with E-state index in [1.54, 1.807) is 0 Å². The van der Waals surface area contributed by atoms with Crippen molar-refractivity contribution in [1.29, 1.82) is 0 Å². The highest BCUT2D eigenvalue weighted by Gasteiger charge is 2.23. The number of hydrogen-bond acceptors (Lipinski definition) is 5. The maximum Gasteiger partial charge on any atom is 0.333 e. The Morgan fingerprint density at radius 3 is 2.54 bits per heavy atom. The van der Waals surface area contributed by atoms with Crippen molar-refractivity contribution in [1.82, 2.24) is 0 Å². The quantitative estimate of drug-likeness (QED) is 0.437. The molecule has 1 aromatic carbocycles. The molecule has 0 bridgehead atoms. The largest absolute Gasteiger partial charge is 0.466 e. The molecule has 5 nitrogen and oxygen atoms in total. The third-order valence-electron chi connectivity index (χ3n) is 2.93. The standard InChI is InChI=1S/C13H14O2.C6H8O3/c1-11(13(14)15-2)7-6-10-12-8-4-3-5-9-12;1-2-6(7)9-4-5-3-8-5/h3-6,8-10H,1,7H2,2H3;2,5H,1,3-4H2. The van der Waals surface area contributed by atoms with Crippen molar-refractivity contribution in [3.63, 3.8) is 0 Å². The number of allylic oxidation sites excluding steroid dienone is 1. The molecule has 1 aromatic rings. The summed E-state index contributed by atoms with van der Waals surface area (Å²) in [6.45, 7) is 7.95. The lowest BCUT2D eigenvalue weighted by atomic mass is 10.1. The summed E-state index contributed by atoms with van der Waals surface area (Å²) in [5, 5.41) is 0. The van der Waals surface area contributed by atoms with Crippen LogP contribution in [-0.2, 0) is 23.8 Å². The zero-order valence-corrected chi connectivity index (χ0v) is 13.8. The van der Waals surface area contributed by atoms with Crippen molar-refractivity contribution < 1.29 is 23.8 Å². The van der Waals surface area contributed by atoms with Crippen molar-refractivity contribution in [2.75, 3.05) is 20.3 Å². The molecule has 0 amide bonds. The van der Waals surface area contributed by atoms with Gasteiger partial charge in [0.25, 0.3) is 0 Å². The van der Waals surface area contributed by atoms with Gasteiger partial charge in [-0.15, -0.1) is 0 Å². The van der Waals surface area contributed by atoms with Crippen molar-refractivity contribution in [3.05, 3.63) is 66.8 Å². The van der Waals surface area contributed by atoms with E-state index in [-0.39, 0.29) is 18.0 Å². The van der Waals surface area contributed by atoms with Crippen molar-refractivity contribution in [3.8, 4) is 0 Å². The van der Waals surface area contributed by atoms with Crippen LogP contribution in [0.25, 0.3) is 6.08 Å². The highest BCUT2D eigenvalue weighted by molar-refractivity contribution is 5.88. The minimum absolute atomic E-state index is 0.147. The van der Waals surface area contributed by atoms with Crippen LogP contribution >= 0.6 is 0 Å². The average molecular weight is 330 g/mol. The van der Waals surface area contributed by atoms with Crippen LogP contribution in [0.2, 0.25) is 0 Å². The second-order valence-electron chi connectivity index (χ2n) is 4.90. The predicted octanol–water partition coefficient (Wildman–Crippen LogP) is 2.93. The molecule has 1 atom stereocenters. The van der Waals surface area contributed by atoms with E-state index in [4.69, 9.17) is 4.74 Å². The predicted molar refractivity (Wildman–Crippen MR) is 92.1 cm³/mol. The van der Waals surface area contributed by atoms with Gasteiger partial charge < -0.3 is 14.2 Å². The van der Waals surface area contributed by atoms with Gasteiger partial charge in [-0.1, -0.05) is 55.6 Å². The van der Waals surface area contributed by atoms with E-state index in [9.17, 15) is 9.59 Å². The minimum atomic E-state index is -0.384. The van der Waals surface area contributed by atoms with Crippen molar-refractivity contribution >= 4 is 18.0 Å². The fourth-order valence-electron chi connectivity index (χ4n) is 1.53. The highest BCUT2D eigenvalue weighted by atomic mass is 16.6. The molecule has 0 spiro atoms. The number of methoxy groups -OCH3 is 1. The smallest absolute Gasteiger partial charge is 0.333 e. The van der Waals surface area contributed by atoms with Crippen LogP contribution < -0.4 is 0 Å². The summed E-state index contributed by atoms with van der Waals surface area (Å²) >= 11 is 0. The third-order valence-corrected chi connectivity index (χ3v) is 2.93. The van der Waals surface area contributed by atoms with Crippen LogP contribution in [0.1, 0.15) is 12.0 Å². The van der Waals surface area contributed by atoms with Gasteiger partial charge in [0.2, 0.25) is 0 Å². The fraction of sp³-hybridized carbons (Fsp3) is 0.263. The zero-order valence-electron chi connectivity index (χ0n) is 13.8. The zero-order chi connectivity index (χ0) is 17.8. The number of rotatable bonds is 7. The lowest BCUT2D eigenvalue weighted by Crippen LogP contribution is -2.06. The summed E-state index contributed by atoms with van der Waals surface area (Å²) < 4.78 is 14.0. The summed E-state index contributed by atoms with van der Waals surface area (Å²) in [5.41, 5.74) is 1.57. The van der Waals surface area contributed by atoms with E-state index in [0.29, 0.717) is 25.2 Å². The summed E-state index contributed by atoms with van der Waals surface area (Å²) in [4.78, 5) is 21.3. The summed E-state index contributed by atoms with van der Waals surface area (Å²) in [6, 6.07) is 9.89. The van der Waals surface area contributed by atoms with E-state index in [0.717, 1.165) is 11.6 Å². The van der Waals surface area contributed by atoms with Gasteiger partial charge in [-0.25, -0.2) is 9.59 Å². The average Bonchev–Trinajstić information content (AvgIpc) is 3.44. The Labute approximate surface area is 142 Å². The maximum absolute atomic E-state index is 11.0. The Kier molecular flexibility index (Phi) is 8.86. The second kappa shape index (κ2) is 11.0. The molecule has 0 radical (unpaired) electrons. The number of benzene rings is 1. The van der Waals surface area contributed by atoms with Gasteiger partial charge >= 0.3 is 11.9 Å². The molecular formula is C19H22O5. The van der Waals surface area contributed by atoms with Crippen molar-refractivity contribution in [2.45, 2.75) is 12.5 Å².